The lowest BCUT2D eigenvalue weighted by Crippen LogP contribution is -2.30. The fourth-order valence-corrected chi connectivity index (χ4v) is 1.86. The molecule has 3 nitrogen and oxygen atoms in total. The van der Waals surface area contributed by atoms with Crippen LogP contribution >= 0.6 is 0 Å². The third-order valence-electron chi connectivity index (χ3n) is 2.62. The van der Waals surface area contributed by atoms with E-state index < -0.39 is 0 Å². The Labute approximate surface area is 83.8 Å². The summed E-state index contributed by atoms with van der Waals surface area (Å²) >= 11 is 0. The van der Waals surface area contributed by atoms with Gasteiger partial charge in [0.05, 0.1) is 0 Å². The van der Waals surface area contributed by atoms with Gasteiger partial charge in [-0.3, -0.25) is 0 Å². The van der Waals surface area contributed by atoms with E-state index in [9.17, 15) is 4.79 Å². The van der Waals surface area contributed by atoms with Gasteiger partial charge in [0, 0.05) is 25.0 Å². The van der Waals surface area contributed by atoms with Gasteiger partial charge in [-0.05, 0) is 31.4 Å². The monoisotopic (exact) mass is 190 g/mol. The summed E-state index contributed by atoms with van der Waals surface area (Å²) in [6.07, 6.45) is 9.48. The zero-order valence-electron chi connectivity index (χ0n) is 8.12. The number of hydrogen-bond donors (Lipinski definition) is 1. The molecule has 1 N–H and O–H groups in total. The average molecular weight is 190 g/mol. The highest BCUT2D eigenvalue weighted by molar-refractivity contribution is 5.59. The zero-order chi connectivity index (χ0) is 9.80. The van der Waals surface area contributed by atoms with Crippen LogP contribution in [0.3, 0.4) is 0 Å². The van der Waals surface area contributed by atoms with E-state index in [2.05, 4.69) is 10.2 Å². The van der Waals surface area contributed by atoms with E-state index in [1.54, 1.807) is 6.20 Å². The first kappa shape index (κ1) is 9.10. The summed E-state index contributed by atoms with van der Waals surface area (Å²) in [6.45, 7) is 2.20. The molecule has 0 bridgehead atoms. The fraction of sp³-hybridized carbons (Fsp3) is 0.455. The van der Waals surface area contributed by atoms with Gasteiger partial charge in [0.15, 0.2) is 5.94 Å². The quantitative estimate of drug-likeness (QED) is 0.630. The number of nitrogens with one attached hydrogen (secondary N) is 1. The van der Waals surface area contributed by atoms with Crippen molar-refractivity contribution in [1.29, 1.82) is 0 Å². The Bertz CT molecular complexity index is 318. The van der Waals surface area contributed by atoms with Crippen molar-refractivity contribution < 1.29 is 4.79 Å². The van der Waals surface area contributed by atoms with Gasteiger partial charge in [0.1, 0.15) is 5.70 Å². The molecule has 2 aliphatic rings. The number of dihydropyridines is 1. The van der Waals surface area contributed by atoms with E-state index >= 15 is 0 Å². The van der Waals surface area contributed by atoms with Crippen LogP contribution in [0.2, 0.25) is 0 Å². The molecule has 2 rings (SSSR count). The molecular formula is C11H14N2O. The average Bonchev–Trinajstić information content (AvgIpc) is 2.30. The predicted molar refractivity (Wildman–Crippen MR) is 55.0 cm³/mol. The highest BCUT2D eigenvalue weighted by atomic mass is 16.1. The van der Waals surface area contributed by atoms with E-state index in [1.165, 1.54) is 19.3 Å². The highest BCUT2D eigenvalue weighted by Gasteiger charge is 2.13. The number of nitrogens with zero attached hydrogens (tertiary/aromatic N) is 1. The Morgan fingerprint density at radius 2 is 2.07 bits per heavy atom. The molecule has 0 saturated carbocycles. The van der Waals surface area contributed by atoms with Gasteiger partial charge in [-0.25, -0.2) is 4.79 Å². The molecule has 14 heavy (non-hydrogen) atoms. The van der Waals surface area contributed by atoms with Gasteiger partial charge in [-0.1, -0.05) is 0 Å². The molecule has 0 aliphatic carbocycles. The second-order valence-corrected chi connectivity index (χ2v) is 3.61. The Kier molecular flexibility index (Phi) is 2.70. The standard InChI is InChI=1S/C11H14N2O/c14-9-10-8-11(4-5-12-10)13-6-2-1-3-7-13/h4-5,8,12H,1-3,6-7H2. The molecule has 1 fully saturated rings. The van der Waals surface area contributed by atoms with Gasteiger partial charge < -0.3 is 10.2 Å². The molecule has 0 aromatic carbocycles. The first-order chi connectivity index (χ1) is 6.90. The maximum atomic E-state index is 10.5. The number of hydrogen-bond acceptors (Lipinski definition) is 3. The molecule has 2 aliphatic heterocycles. The summed E-state index contributed by atoms with van der Waals surface area (Å²) in [5.41, 5.74) is 1.65. The molecule has 3 heteroatoms. The van der Waals surface area contributed by atoms with E-state index in [0.717, 1.165) is 18.8 Å². The summed E-state index contributed by atoms with van der Waals surface area (Å²) in [5.74, 6) is 1.87. The van der Waals surface area contributed by atoms with Crippen molar-refractivity contribution >= 4 is 5.94 Å². The highest BCUT2D eigenvalue weighted by Crippen LogP contribution is 2.17. The van der Waals surface area contributed by atoms with Crippen molar-refractivity contribution in [1.82, 2.24) is 10.2 Å². The molecule has 0 radical (unpaired) electrons. The first-order valence-electron chi connectivity index (χ1n) is 5.05. The Morgan fingerprint density at radius 3 is 2.79 bits per heavy atom. The molecule has 1 saturated heterocycles. The van der Waals surface area contributed by atoms with Crippen molar-refractivity contribution in [3.05, 3.63) is 29.7 Å². The van der Waals surface area contributed by atoms with Crippen LogP contribution in [0.15, 0.2) is 29.7 Å². The number of likely N-dealkylation sites (tertiary alicyclic amines) is 1. The van der Waals surface area contributed by atoms with Crippen LogP contribution in [0.4, 0.5) is 0 Å². The van der Waals surface area contributed by atoms with Gasteiger partial charge in [0.25, 0.3) is 0 Å². The first-order valence-corrected chi connectivity index (χ1v) is 5.05. The topological polar surface area (TPSA) is 32.3 Å². The van der Waals surface area contributed by atoms with E-state index in [-0.39, 0.29) is 0 Å². The molecule has 74 valence electrons. The smallest absolute Gasteiger partial charge is 0.150 e. The Balaban J connectivity index is 2.12. The van der Waals surface area contributed by atoms with Gasteiger partial charge in [0.2, 0.25) is 0 Å². The summed E-state index contributed by atoms with van der Waals surface area (Å²) in [4.78, 5) is 12.8. The molecule has 0 amide bonds. The zero-order valence-corrected chi connectivity index (χ0v) is 8.12. The molecule has 0 spiro atoms. The molecule has 2 heterocycles. The number of allylic oxidation sites excluding steroid dienone is 2. The van der Waals surface area contributed by atoms with Crippen molar-refractivity contribution in [2.75, 3.05) is 13.1 Å². The molecular weight excluding hydrogens is 176 g/mol. The minimum Gasteiger partial charge on any atom is -0.371 e. The Hall–Kier alpha value is -1.47. The van der Waals surface area contributed by atoms with Crippen LogP contribution in [0.25, 0.3) is 0 Å². The molecule has 0 aromatic rings. The predicted octanol–water partition coefficient (Wildman–Crippen LogP) is 1.19. The van der Waals surface area contributed by atoms with Gasteiger partial charge in [-0.2, -0.15) is 0 Å². The van der Waals surface area contributed by atoms with Crippen LogP contribution < -0.4 is 5.32 Å². The van der Waals surface area contributed by atoms with Gasteiger partial charge in [-0.15, -0.1) is 0 Å². The molecule has 0 aromatic heterocycles. The summed E-state index contributed by atoms with van der Waals surface area (Å²) in [5, 5.41) is 2.85. The Morgan fingerprint density at radius 1 is 1.29 bits per heavy atom. The van der Waals surface area contributed by atoms with Crippen LogP contribution in [-0.4, -0.2) is 23.9 Å². The number of rotatable bonds is 1. The largest absolute Gasteiger partial charge is 0.371 e. The fourth-order valence-electron chi connectivity index (χ4n) is 1.86. The minimum absolute atomic E-state index is 0.521. The molecule has 0 atom stereocenters. The lowest BCUT2D eigenvalue weighted by atomic mass is 10.1. The lowest BCUT2D eigenvalue weighted by Gasteiger charge is -2.30. The van der Waals surface area contributed by atoms with E-state index in [1.807, 2.05) is 18.1 Å². The van der Waals surface area contributed by atoms with Crippen molar-refractivity contribution in [2.45, 2.75) is 19.3 Å². The number of carbonyl (C=O) groups excluding carboxylic acids is 1. The maximum absolute atomic E-state index is 10.5. The summed E-state index contributed by atoms with van der Waals surface area (Å²) in [7, 11) is 0. The van der Waals surface area contributed by atoms with Crippen LogP contribution in [0.1, 0.15) is 19.3 Å². The van der Waals surface area contributed by atoms with Gasteiger partial charge >= 0.3 is 0 Å². The summed E-state index contributed by atoms with van der Waals surface area (Å²) in [6, 6.07) is 0. The molecule has 0 unspecified atom stereocenters. The van der Waals surface area contributed by atoms with Crippen molar-refractivity contribution in [3.63, 3.8) is 0 Å². The normalized spacial score (nSPS) is 21.3. The van der Waals surface area contributed by atoms with Crippen LogP contribution in [0, 0.1) is 0 Å². The second kappa shape index (κ2) is 4.16. The SMILES string of the molecule is O=C=C1C=C(N2CCCCC2)C=CN1. The van der Waals surface area contributed by atoms with Crippen molar-refractivity contribution in [3.8, 4) is 0 Å². The van der Waals surface area contributed by atoms with Crippen molar-refractivity contribution in [2.24, 2.45) is 0 Å². The number of piperidine rings is 1. The van der Waals surface area contributed by atoms with E-state index in [4.69, 9.17) is 0 Å². The van der Waals surface area contributed by atoms with E-state index in [0.29, 0.717) is 5.70 Å². The maximum Gasteiger partial charge on any atom is 0.150 e. The lowest BCUT2D eigenvalue weighted by molar-refractivity contribution is 0.292. The minimum atomic E-state index is 0.521. The van der Waals surface area contributed by atoms with Crippen LogP contribution in [-0.2, 0) is 4.79 Å². The third kappa shape index (κ3) is 1.88. The van der Waals surface area contributed by atoms with Crippen LogP contribution in [0.5, 0.6) is 0 Å². The third-order valence-corrected chi connectivity index (χ3v) is 2.62. The summed E-state index contributed by atoms with van der Waals surface area (Å²) < 4.78 is 0. The second-order valence-electron chi connectivity index (χ2n) is 3.61.